The fourth-order valence-corrected chi connectivity index (χ4v) is 1.80. The third kappa shape index (κ3) is 3.50. The van der Waals surface area contributed by atoms with Crippen molar-refractivity contribution >= 4 is 6.21 Å². The van der Waals surface area contributed by atoms with E-state index in [1.807, 2.05) is 0 Å². The zero-order chi connectivity index (χ0) is 17.9. The van der Waals surface area contributed by atoms with Crippen LogP contribution in [0.25, 0.3) is 0 Å². The Morgan fingerprint density at radius 1 is 0.875 bits per heavy atom. The number of hydrogen-bond acceptors (Lipinski definition) is 2. The maximum atomic E-state index is 13.4. The number of hydrogen-bond donors (Lipinski definition) is 0. The van der Waals surface area contributed by atoms with Crippen molar-refractivity contribution in [1.82, 2.24) is 0 Å². The molecule has 0 aliphatic carbocycles. The molecule has 0 aliphatic rings. The Labute approximate surface area is 131 Å². The lowest BCUT2D eigenvalue weighted by Gasteiger charge is -2.07. The van der Waals surface area contributed by atoms with Crippen LogP contribution in [0.1, 0.15) is 23.1 Å². The van der Waals surface area contributed by atoms with Gasteiger partial charge >= 0.3 is 0 Å². The van der Waals surface area contributed by atoms with Crippen LogP contribution in [0.5, 0.6) is 0 Å². The van der Waals surface area contributed by atoms with E-state index in [2.05, 4.69) is 9.99 Å². The molecule has 24 heavy (non-hydrogen) atoms. The lowest BCUT2D eigenvalue weighted by atomic mass is 10.1. The van der Waals surface area contributed by atoms with Gasteiger partial charge in [-0.25, -0.2) is 30.7 Å². The van der Waals surface area contributed by atoms with Gasteiger partial charge < -0.3 is 4.84 Å². The second kappa shape index (κ2) is 7.33. The van der Waals surface area contributed by atoms with Gasteiger partial charge in [-0.1, -0.05) is 29.4 Å². The van der Waals surface area contributed by atoms with Crippen molar-refractivity contribution in [2.45, 2.75) is 13.0 Å². The monoisotopic (exact) mass is 351 g/mol. The summed E-state index contributed by atoms with van der Waals surface area (Å²) < 4.78 is 91.0. The molecule has 0 radical (unpaired) electrons. The molecule has 0 fully saturated rings. The Hall–Kier alpha value is -2.58. The van der Waals surface area contributed by atoms with Crippen LogP contribution < -0.4 is 0 Å². The van der Waals surface area contributed by atoms with Gasteiger partial charge in [-0.15, -0.1) is 0 Å². The zero-order valence-electron chi connectivity index (χ0n) is 11.7. The second-order valence-corrected chi connectivity index (χ2v) is 4.49. The van der Waals surface area contributed by atoms with Crippen LogP contribution in [-0.4, -0.2) is 6.21 Å². The molecule has 2 nitrogen and oxygen atoms in total. The first-order chi connectivity index (χ1) is 11.3. The van der Waals surface area contributed by atoms with E-state index in [4.69, 9.17) is 0 Å². The molecular formula is C15H8F7NO. The van der Waals surface area contributed by atoms with E-state index < -0.39 is 47.7 Å². The lowest BCUT2D eigenvalue weighted by molar-refractivity contribution is 0.124. The summed E-state index contributed by atoms with van der Waals surface area (Å²) in [7, 11) is 0. The molecule has 0 saturated carbocycles. The molecule has 2 rings (SSSR count). The predicted octanol–water partition coefficient (Wildman–Crippen LogP) is 4.87. The third-order valence-corrected chi connectivity index (χ3v) is 3.01. The van der Waals surface area contributed by atoms with Crippen LogP contribution in [0.4, 0.5) is 30.7 Å². The topological polar surface area (TPSA) is 21.6 Å². The van der Waals surface area contributed by atoms with E-state index in [0.29, 0.717) is 0 Å². The van der Waals surface area contributed by atoms with E-state index in [1.165, 1.54) is 18.2 Å². The molecule has 0 heterocycles. The highest BCUT2D eigenvalue weighted by Gasteiger charge is 2.25. The minimum atomic E-state index is -2.79. The van der Waals surface area contributed by atoms with Crippen molar-refractivity contribution < 1.29 is 35.6 Å². The van der Waals surface area contributed by atoms with Crippen LogP contribution in [0, 0.1) is 29.1 Å². The maximum Gasteiger partial charge on any atom is 0.264 e. The number of alkyl halides is 2. The molecule has 0 aliphatic heterocycles. The smallest absolute Gasteiger partial charge is 0.264 e. The first-order valence-electron chi connectivity index (χ1n) is 6.37. The van der Waals surface area contributed by atoms with Gasteiger partial charge in [-0.05, 0) is 0 Å². The summed E-state index contributed by atoms with van der Waals surface area (Å²) in [6.45, 7) is -1.07. The van der Waals surface area contributed by atoms with Crippen molar-refractivity contribution in [2.75, 3.05) is 0 Å². The summed E-state index contributed by atoms with van der Waals surface area (Å²) in [5, 5.41) is 3.21. The Kier molecular flexibility index (Phi) is 5.42. The van der Waals surface area contributed by atoms with E-state index in [1.54, 1.807) is 0 Å². The van der Waals surface area contributed by atoms with Gasteiger partial charge in [0.05, 0.1) is 11.8 Å². The van der Waals surface area contributed by atoms with Gasteiger partial charge in [0.1, 0.15) is 6.61 Å². The van der Waals surface area contributed by atoms with E-state index in [9.17, 15) is 30.7 Å². The SMILES string of the molecule is Fc1c(F)c(F)c(CON=Cc2ccccc2C(F)F)c(F)c1F. The van der Waals surface area contributed by atoms with Crippen LogP contribution in [0.3, 0.4) is 0 Å². The third-order valence-electron chi connectivity index (χ3n) is 3.01. The Morgan fingerprint density at radius 3 is 2.00 bits per heavy atom. The number of oxime groups is 1. The minimum absolute atomic E-state index is 0.0232. The summed E-state index contributed by atoms with van der Waals surface area (Å²) in [5.74, 6) is -10.6. The molecule has 9 heteroatoms. The molecule has 0 bridgehead atoms. The zero-order valence-corrected chi connectivity index (χ0v) is 11.7. The molecule has 0 N–H and O–H groups in total. The molecule has 0 atom stereocenters. The van der Waals surface area contributed by atoms with Crippen molar-refractivity contribution in [3.05, 3.63) is 70.0 Å². The molecular weight excluding hydrogens is 343 g/mol. The summed E-state index contributed by atoms with van der Waals surface area (Å²) in [6, 6.07) is 5.23. The fraction of sp³-hybridized carbons (Fsp3) is 0.133. The van der Waals surface area contributed by atoms with Crippen LogP contribution >= 0.6 is 0 Å². The molecule has 0 spiro atoms. The van der Waals surface area contributed by atoms with E-state index >= 15 is 0 Å². The average Bonchev–Trinajstić information content (AvgIpc) is 2.57. The largest absolute Gasteiger partial charge is 0.391 e. The molecule has 128 valence electrons. The Bertz CT molecular complexity index is 748. The van der Waals surface area contributed by atoms with Gasteiger partial charge in [0.25, 0.3) is 6.43 Å². The maximum absolute atomic E-state index is 13.4. The summed E-state index contributed by atoms with van der Waals surface area (Å²) in [6.07, 6.45) is -1.95. The van der Waals surface area contributed by atoms with Gasteiger partial charge in [-0.3, -0.25) is 0 Å². The van der Waals surface area contributed by atoms with Crippen LogP contribution in [-0.2, 0) is 11.4 Å². The normalized spacial score (nSPS) is 11.5. The standard InChI is InChI=1S/C15H8F7NO/c16-10-9(11(17)13(19)14(20)12(10)18)6-24-23-5-7-3-1-2-4-8(7)15(21)22/h1-5,15H,6H2. The molecule has 0 aromatic heterocycles. The highest BCUT2D eigenvalue weighted by Crippen LogP contribution is 2.24. The second-order valence-electron chi connectivity index (χ2n) is 4.49. The quantitative estimate of drug-likeness (QED) is 0.248. The number of rotatable bonds is 5. The molecule has 2 aromatic rings. The average molecular weight is 351 g/mol. The van der Waals surface area contributed by atoms with Gasteiger partial charge in [-0.2, -0.15) is 0 Å². The van der Waals surface area contributed by atoms with Crippen molar-refractivity contribution in [3.63, 3.8) is 0 Å². The predicted molar refractivity (Wildman–Crippen MR) is 70.0 cm³/mol. The molecule has 0 amide bonds. The highest BCUT2D eigenvalue weighted by atomic mass is 19.3. The van der Waals surface area contributed by atoms with Crippen molar-refractivity contribution in [3.8, 4) is 0 Å². The minimum Gasteiger partial charge on any atom is -0.391 e. The van der Waals surface area contributed by atoms with Crippen LogP contribution in [0.2, 0.25) is 0 Å². The molecule has 0 unspecified atom stereocenters. The first kappa shape index (κ1) is 17.8. The van der Waals surface area contributed by atoms with Gasteiger partial charge in [0.15, 0.2) is 23.3 Å². The first-order valence-corrected chi connectivity index (χ1v) is 6.37. The van der Waals surface area contributed by atoms with Crippen LogP contribution in [0.15, 0.2) is 29.4 Å². The Balaban J connectivity index is 2.16. The highest BCUT2D eigenvalue weighted by molar-refractivity contribution is 5.81. The van der Waals surface area contributed by atoms with Gasteiger partial charge in [0, 0.05) is 11.1 Å². The van der Waals surface area contributed by atoms with Gasteiger partial charge in [0.2, 0.25) is 5.82 Å². The number of halogens is 7. The van der Waals surface area contributed by atoms with E-state index in [0.717, 1.165) is 12.3 Å². The molecule has 0 saturated heterocycles. The van der Waals surface area contributed by atoms with Crippen molar-refractivity contribution in [1.29, 1.82) is 0 Å². The van der Waals surface area contributed by atoms with Crippen molar-refractivity contribution in [2.24, 2.45) is 5.16 Å². The van der Waals surface area contributed by atoms with E-state index in [-0.39, 0.29) is 11.1 Å². The summed E-state index contributed by atoms with van der Waals surface area (Å²) in [5.41, 5.74) is -1.60. The Morgan fingerprint density at radius 2 is 1.42 bits per heavy atom. The molecule has 2 aromatic carbocycles. The summed E-state index contributed by atoms with van der Waals surface area (Å²) in [4.78, 5) is 4.46. The summed E-state index contributed by atoms with van der Waals surface area (Å²) >= 11 is 0. The number of benzene rings is 2. The fourth-order valence-electron chi connectivity index (χ4n) is 1.80. The number of nitrogens with zero attached hydrogens (tertiary/aromatic N) is 1. The lowest BCUT2D eigenvalue weighted by Crippen LogP contribution is -2.07.